The molecule has 33 heavy (non-hydrogen) atoms. The molecular formula is C24H26N2O7. The number of benzene rings is 2. The zero-order valence-electron chi connectivity index (χ0n) is 18.8. The van der Waals surface area contributed by atoms with Crippen LogP contribution in [0.4, 0.5) is 0 Å². The van der Waals surface area contributed by atoms with Crippen molar-refractivity contribution in [2.45, 2.75) is 32.0 Å². The average Bonchev–Trinajstić information content (AvgIpc) is 3.36. The first-order valence-corrected chi connectivity index (χ1v) is 10.6. The molecule has 174 valence electrons. The average molecular weight is 454 g/mol. The minimum atomic E-state index is -0.577. The Morgan fingerprint density at radius 3 is 2.45 bits per heavy atom. The number of hydrogen-bond donors (Lipinski definition) is 0. The highest BCUT2D eigenvalue weighted by Crippen LogP contribution is 2.30. The number of carbonyl (C=O) groups is 1. The molecule has 9 heteroatoms. The SMILES string of the molecule is COc1cccc(C(=O)Cn2c(=O)n(C[C@H]3CCCO3)c(=O)c3cc(OC)c(OC)cc32)c1. The van der Waals surface area contributed by atoms with E-state index in [0.717, 1.165) is 17.4 Å². The minimum absolute atomic E-state index is 0.120. The molecule has 1 fully saturated rings. The zero-order chi connectivity index (χ0) is 23.5. The molecule has 4 rings (SSSR count). The molecule has 0 saturated carbocycles. The van der Waals surface area contributed by atoms with E-state index in [2.05, 4.69) is 0 Å². The van der Waals surface area contributed by atoms with E-state index in [1.54, 1.807) is 30.3 Å². The number of hydrogen-bond acceptors (Lipinski definition) is 7. The van der Waals surface area contributed by atoms with Gasteiger partial charge in [-0.2, -0.15) is 0 Å². The molecule has 1 aliphatic rings. The molecule has 0 bridgehead atoms. The first kappa shape index (κ1) is 22.6. The molecule has 0 aliphatic carbocycles. The summed E-state index contributed by atoms with van der Waals surface area (Å²) in [5.74, 6) is 0.945. The van der Waals surface area contributed by atoms with Gasteiger partial charge in [0, 0.05) is 18.2 Å². The quantitative estimate of drug-likeness (QED) is 0.482. The van der Waals surface area contributed by atoms with Gasteiger partial charge in [-0.25, -0.2) is 4.79 Å². The number of methoxy groups -OCH3 is 3. The summed E-state index contributed by atoms with van der Waals surface area (Å²) in [7, 11) is 4.45. The van der Waals surface area contributed by atoms with Crippen LogP contribution in [0.5, 0.6) is 17.2 Å². The van der Waals surface area contributed by atoms with Gasteiger partial charge in [0.05, 0.1) is 51.4 Å². The second-order valence-electron chi connectivity index (χ2n) is 7.80. The van der Waals surface area contributed by atoms with Crippen LogP contribution in [-0.4, -0.2) is 49.0 Å². The normalized spacial score (nSPS) is 15.5. The number of nitrogens with zero attached hydrogens (tertiary/aromatic N) is 2. The number of ether oxygens (including phenoxy) is 4. The van der Waals surface area contributed by atoms with Gasteiger partial charge in [-0.3, -0.25) is 18.7 Å². The number of ketones is 1. The lowest BCUT2D eigenvalue weighted by molar-refractivity contribution is 0.0939. The molecule has 0 N–H and O–H groups in total. The van der Waals surface area contributed by atoms with Gasteiger partial charge in [-0.1, -0.05) is 12.1 Å². The smallest absolute Gasteiger partial charge is 0.331 e. The van der Waals surface area contributed by atoms with Crippen molar-refractivity contribution in [3.63, 3.8) is 0 Å². The van der Waals surface area contributed by atoms with Crippen molar-refractivity contribution < 1.29 is 23.7 Å². The number of Topliss-reactive ketones (excluding diaryl/α,β-unsaturated/α-hetero) is 1. The Morgan fingerprint density at radius 1 is 1.03 bits per heavy atom. The highest BCUT2D eigenvalue weighted by molar-refractivity contribution is 5.97. The molecule has 0 spiro atoms. The molecule has 2 aromatic carbocycles. The summed E-state index contributed by atoms with van der Waals surface area (Å²) in [6, 6.07) is 9.79. The fourth-order valence-corrected chi connectivity index (χ4v) is 4.08. The maximum atomic E-state index is 13.5. The lowest BCUT2D eigenvalue weighted by atomic mass is 10.1. The maximum absolute atomic E-state index is 13.5. The lowest BCUT2D eigenvalue weighted by Crippen LogP contribution is -2.43. The Balaban J connectivity index is 1.88. The van der Waals surface area contributed by atoms with E-state index >= 15 is 0 Å². The van der Waals surface area contributed by atoms with Gasteiger partial charge in [-0.15, -0.1) is 0 Å². The van der Waals surface area contributed by atoms with Gasteiger partial charge in [0.1, 0.15) is 5.75 Å². The zero-order valence-corrected chi connectivity index (χ0v) is 18.8. The van der Waals surface area contributed by atoms with E-state index in [9.17, 15) is 14.4 Å². The maximum Gasteiger partial charge on any atom is 0.331 e. The van der Waals surface area contributed by atoms with Crippen molar-refractivity contribution >= 4 is 16.7 Å². The van der Waals surface area contributed by atoms with E-state index < -0.39 is 11.2 Å². The molecule has 0 unspecified atom stereocenters. The number of carbonyl (C=O) groups excluding carboxylic acids is 1. The Labute approximate surface area is 190 Å². The first-order chi connectivity index (χ1) is 16.0. The van der Waals surface area contributed by atoms with Crippen molar-refractivity contribution in [2.24, 2.45) is 0 Å². The third kappa shape index (κ3) is 4.36. The van der Waals surface area contributed by atoms with Gasteiger partial charge in [0.15, 0.2) is 17.3 Å². The first-order valence-electron chi connectivity index (χ1n) is 10.6. The van der Waals surface area contributed by atoms with E-state index in [4.69, 9.17) is 18.9 Å². The summed E-state index contributed by atoms with van der Waals surface area (Å²) < 4.78 is 24.0. The molecule has 0 radical (unpaired) electrons. The molecule has 1 aromatic heterocycles. The highest BCUT2D eigenvalue weighted by atomic mass is 16.5. The number of fused-ring (bicyclic) bond motifs is 1. The lowest BCUT2D eigenvalue weighted by Gasteiger charge is -2.17. The highest BCUT2D eigenvalue weighted by Gasteiger charge is 2.23. The summed E-state index contributed by atoms with van der Waals surface area (Å²) in [5.41, 5.74) is -0.350. The van der Waals surface area contributed by atoms with Crippen LogP contribution in [0.25, 0.3) is 10.9 Å². The molecule has 1 aliphatic heterocycles. The third-order valence-electron chi connectivity index (χ3n) is 5.83. The van der Waals surface area contributed by atoms with Gasteiger partial charge in [0.25, 0.3) is 5.56 Å². The van der Waals surface area contributed by atoms with Crippen molar-refractivity contribution in [3.8, 4) is 17.2 Å². The predicted molar refractivity (Wildman–Crippen MR) is 122 cm³/mol. The summed E-state index contributed by atoms with van der Waals surface area (Å²) in [4.78, 5) is 39.9. The molecule has 1 saturated heterocycles. The van der Waals surface area contributed by atoms with Crippen molar-refractivity contribution in [2.75, 3.05) is 27.9 Å². The van der Waals surface area contributed by atoms with Crippen LogP contribution in [0.3, 0.4) is 0 Å². The molecule has 0 amide bonds. The molecule has 1 atom stereocenters. The fourth-order valence-electron chi connectivity index (χ4n) is 4.08. The Kier molecular flexibility index (Phi) is 6.50. The second-order valence-corrected chi connectivity index (χ2v) is 7.80. The molecule has 3 aromatic rings. The molecule has 2 heterocycles. The van der Waals surface area contributed by atoms with Crippen LogP contribution in [0, 0.1) is 0 Å². The Morgan fingerprint density at radius 2 is 1.79 bits per heavy atom. The van der Waals surface area contributed by atoms with Gasteiger partial charge in [0.2, 0.25) is 0 Å². The largest absolute Gasteiger partial charge is 0.497 e. The van der Waals surface area contributed by atoms with Gasteiger partial charge >= 0.3 is 5.69 Å². The van der Waals surface area contributed by atoms with Crippen LogP contribution in [0.2, 0.25) is 0 Å². The third-order valence-corrected chi connectivity index (χ3v) is 5.83. The van der Waals surface area contributed by atoms with Crippen molar-refractivity contribution in [1.29, 1.82) is 0 Å². The number of rotatable bonds is 8. The van der Waals surface area contributed by atoms with Crippen LogP contribution < -0.4 is 25.5 Å². The summed E-state index contributed by atoms with van der Waals surface area (Å²) in [6.07, 6.45) is 1.41. The summed E-state index contributed by atoms with van der Waals surface area (Å²) in [5, 5.41) is 0.253. The second kappa shape index (κ2) is 9.50. The fraction of sp³-hybridized carbons (Fsp3) is 0.375. The Hall–Kier alpha value is -3.59. The van der Waals surface area contributed by atoms with Crippen LogP contribution in [0.1, 0.15) is 23.2 Å². The standard InChI is InChI=1S/C24H26N2O7/c1-30-16-7-4-6-15(10-16)20(27)14-25-19-12-22(32-3)21(31-2)11-18(19)23(28)26(24(25)29)13-17-8-5-9-33-17/h4,6-7,10-12,17H,5,8-9,13-14H2,1-3H3/t17-/m1/s1. The van der Waals surface area contributed by atoms with Gasteiger partial charge in [-0.05, 0) is 31.0 Å². The monoisotopic (exact) mass is 454 g/mol. The molecular weight excluding hydrogens is 428 g/mol. The topological polar surface area (TPSA) is 98.0 Å². The predicted octanol–water partition coefficient (Wildman–Crippen LogP) is 2.25. The van der Waals surface area contributed by atoms with Crippen LogP contribution >= 0.6 is 0 Å². The number of aromatic nitrogens is 2. The summed E-state index contributed by atoms with van der Waals surface area (Å²) in [6.45, 7) is 0.458. The van der Waals surface area contributed by atoms with Crippen LogP contribution in [0.15, 0.2) is 46.0 Å². The van der Waals surface area contributed by atoms with Gasteiger partial charge < -0.3 is 18.9 Å². The van der Waals surface area contributed by atoms with Crippen LogP contribution in [-0.2, 0) is 17.8 Å². The molecule has 9 nitrogen and oxygen atoms in total. The van der Waals surface area contributed by atoms with Crippen molar-refractivity contribution in [3.05, 3.63) is 62.8 Å². The Bertz CT molecular complexity index is 1300. The van der Waals surface area contributed by atoms with E-state index in [-0.39, 0.29) is 30.4 Å². The minimum Gasteiger partial charge on any atom is -0.497 e. The van der Waals surface area contributed by atoms with E-state index in [1.165, 1.54) is 32.0 Å². The summed E-state index contributed by atoms with van der Waals surface area (Å²) >= 11 is 0. The van der Waals surface area contributed by atoms with Crippen molar-refractivity contribution in [1.82, 2.24) is 9.13 Å². The van der Waals surface area contributed by atoms with E-state index in [1.807, 2.05) is 0 Å². The van der Waals surface area contributed by atoms with E-state index in [0.29, 0.717) is 34.9 Å².